The Bertz CT molecular complexity index is 474. The van der Waals surface area contributed by atoms with E-state index >= 15 is 0 Å². The average molecular weight is 221 g/mol. The first-order valence-corrected chi connectivity index (χ1v) is 4.70. The van der Waals surface area contributed by atoms with Gasteiger partial charge in [-0.25, -0.2) is 18.7 Å². The maximum absolute atomic E-state index is 13.2. The molecule has 1 aromatic heterocycles. The van der Waals surface area contributed by atoms with Gasteiger partial charge in [-0.3, -0.25) is 0 Å². The van der Waals surface area contributed by atoms with Crippen molar-refractivity contribution in [3.63, 3.8) is 0 Å². The van der Waals surface area contributed by atoms with Gasteiger partial charge >= 0.3 is 0 Å². The number of nitrogens with one attached hydrogen (secondary N) is 1. The van der Waals surface area contributed by atoms with Crippen LogP contribution >= 0.6 is 0 Å². The molecule has 0 spiro atoms. The zero-order chi connectivity index (χ0) is 11.4. The minimum Gasteiger partial charge on any atom is -0.377 e. The Morgan fingerprint density at radius 3 is 2.81 bits per heavy atom. The molecule has 0 fully saturated rings. The number of rotatable bonds is 3. The van der Waals surface area contributed by atoms with Crippen molar-refractivity contribution in [2.45, 2.75) is 6.54 Å². The molecule has 0 aliphatic heterocycles. The van der Waals surface area contributed by atoms with Crippen molar-refractivity contribution in [3.8, 4) is 0 Å². The SMILES string of the molecule is Fc1cccc(NCc2ccncn2)c1F. The molecule has 0 unspecified atom stereocenters. The van der Waals surface area contributed by atoms with Crippen LogP contribution in [0, 0.1) is 11.6 Å². The van der Waals surface area contributed by atoms with E-state index in [-0.39, 0.29) is 5.69 Å². The highest BCUT2D eigenvalue weighted by Crippen LogP contribution is 2.16. The lowest BCUT2D eigenvalue weighted by atomic mass is 10.3. The molecule has 82 valence electrons. The van der Waals surface area contributed by atoms with Gasteiger partial charge in [-0.15, -0.1) is 0 Å². The summed E-state index contributed by atoms with van der Waals surface area (Å²) in [4.78, 5) is 7.72. The van der Waals surface area contributed by atoms with Crippen LogP contribution < -0.4 is 5.32 Å². The van der Waals surface area contributed by atoms with E-state index in [0.29, 0.717) is 12.2 Å². The van der Waals surface area contributed by atoms with Crippen LogP contribution in [-0.4, -0.2) is 9.97 Å². The molecule has 0 amide bonds. The summed E-state index contributed by atoms with van der Waals surface area (Å²) in [7, 11) is 0. The first kappa shape index (κ1) is 10.5. The third kappa shape index (κ3) is 2.31. The summed E-state index contributed by atoms with van der Waals surface area (Å²) < 4.78 is 26.1. The number of aromatic nitrogens is 2. The predicted molar refractivity (Wildman–Crippen MR) is 55.7 cm³/mol. The van der Waals surface area contributed by atoms with Crippen LogP contribution in [0.25, 0.3) is 0 Å². The number of benzene rings is 1. The lowest BCUT2D eigenvalue weighted by molar-refractivity contribution is 0.511. The number of anilines is 1. The summed E-state index contributed by atoms with van der Waals surface area (Å²) in [5, 5.41) is 2.76. The number of hydrogen-bond donors (Lipinski definition) is 1. The molecule has 16 heavy (non-hydrogen) atoms. The Morgan fingerprint density at radius 1 is 1.19 bits per heavy atom. The quantitative estimate of drug-likeness (QED) is 0.864. The third-order valence-corrected chi connectivity index (χ3v) is 2.05. The highest BCUT2D eigenvalue weighted by Gasteiger charge is 2.06. The minimum atomic E-state index is -0.878. The monoisotopic (exact) mass is 221 g/mol. The second-order valence-electron chi connectivity index (χ2n) is 3.16. The van der Waals surface area contributed by atoms with Gasteiger partial charge in [-0.2, -0.15) is 0 Å². The molecular weight excluding hydrogens is 212 g/mol. The van der Waals surface area contributed by atoms with E-state index in [1.165, 1.54) is 18.5 Å². The van der Waals surface area contributed by atoms with Gasteiger partial charge < -0.3 is 5.32 Å². The molecule has 5 heteroatoms. The summed E-state index contributed by atoms with van der Waals surface area (Å²) in [6, 6.07) is 5.69. The van der Waals surface area contributed by atoms with Crippen molar-refractivity contribution in [3.05, 3.63) is 54.1 Å². The standard InChI is InChI=1S/C11H9F2N3/c12-9-2-1-3-10(11(9)13)15-6-8-4-5-14-7-16-8/h1-5,7,15H,6H2. The summed E-state index contributed by atoms with van der Waals surface area (Å²) in [6.07, 6.45) is 2.99. The van der Waals surface area contributed by atoms with Crippen molar-refractivity contribution < 1.29 is 8.78 Å². The minimum absolute atomic E-state index is 0.124. The molecule has 0 bridgehead atoms. The molecule has 0 radical (unpaired) electrons. The van der Waals surface area contributed by atoms with Crippen molar-refractivity contribution in [2.75, 3.05) is 5.32 Å². The molecule has 2 aromatic rings. The van der Waals surface area contributed by atoms with Gasteiger partial charge in [0, 0.05) is 6.20 Å². The highest BCUT2D eigenvalue weighted by molar-refractivity contribution is 5.45. The fraction of sp³-hybridized carbons (Fsp3) is 0.0909. The largest absolute Gasteiger partial charge is 0.377 e. The summed E-state index contributed by atoms with van der Waals surface area (Å²) in [5.74, 6) is -1.75. The fourth-order valence-electron chi connectivity index (χ4n) is 1.25. The van der Waals surface area contributed by atoms with Gasteiger partial charge in [-0.05, 0) is 18.2 Å². The maximum atomic E-state index is 13.2. The molecule has 1 N–H and O–H groups in total. The van der Waals surface area contributed by atoms with E-state index in [1.54, 1.807) is 12.3 Å². The van der Waals surface area contributed by atoms with Gasteiger partial charge in [0.1, 0.15) is 6.33 Å². The number of nitrogens with zero attached hydrogens (tertiary/aromatic N) is 2. The van der Waals surface area contributed by atoms with Gasteiger partial charge in [0.2, 0.25) is 0 Å². The predicted octanol–water partition coefficient (Wildman–Crippen LogP) is 2.37. The van der Waals surface area contributed by atoms with Crippen molar-refractivity contribution in [1.29, 1.82) is 0 Å². The smallest absolute Gasteiger partial charge is 0.181 e. The molecular formula is C11H9F2N3. The molecule has 2 rings (SSSR count). The molecule has 0 aliphatic carbocycles. The Balaban J connectivity index is 2.08. The zero-order valence-corrected chi connectivity index (χ0v) is 8.32. The topological polar surface area (TPSA) is 37.8 Å². The van der Waals surface area contributed by atoms with E-state index < -0.39 is 11.6 Å². The molecule has 0 saturated heterocycles. The third-order valence-electron chi connectivity index (χ3n) is 2.05. The van der Waals surface area contributed by atoms with Crippen LogP contribution in [0.2, 0.25) is 0 Å². The average Bonchev–Trinajstić information content (AvgIpc) is 2.32. The Hall–Kier alpha value is -2.04. The van der Waals surface area contributed by atoms with E-state index in [2.05, 4.69) is 15.3 Å². The molecule has 0 aliphatic rings. The highest BCUT2D eigenvalue weighted by atomic mass is 19.2. The van der Waals surface area contributed by atoms with E-state index in [1.807, 2.05) is 0 Å². The molecule has 0 atom stereocenters. The second kappa shape index (κ2) is 4.65. The summed E-state index contributed by atoms with van der Waals surface area (Å²) >= 11 is 0. The van der Waals surface area contributed by atoms with E-state index in [9.17, 15) is 8.78 Å². The van der Waals surface area contributed by atoms with Crippen LogP contribution in [0.5, 0.6) is 0 Å². The zero-order valence-electron chi connectivity index (χ0n) is 8.32. The van der Waals surface area contributed by atoms with Crippen molar-refractivity contribution >= 4 is 5.69 Å². The van der Waals surface area contributed by atoms with Crippen molar-refractivity contribution in [2.24, 2.45) is 0 Å². The van der Waals surface area contributed by atoms with Crippen LogP contribution in [0.1, 0.15) is 5.69 Å². The molecule has 0 saturated carbocycles. The van der Waals surface area contributed by atoms with E-state index in [4.69, 9.17) is 0 Å². The van der Waals surface area contributed by atoms with Crippen LogP contribution in [-0.2, 0) is 6.54 Å². The van der Waals surface area contributed by atoms with Crippen molar-refractivity contribution in [1.82, 2.24) is 9.97 Å². The maximum Gasteiger partial charge on any atom is 0.181 e. The van der Waals surface area contributed by atoms with Gasteiger partial charge in [0.05, 0.1) is 17.9 Å². The lowest BCUT2D eigenvalue weighted by Gasteiger charge is -2.06. The Labute approximate surface area is 91.2 Å². The second-order valence-corrected chi connectivity index (χ2v) is 3.16. The van der Waals surface area contributed by atoms with Gasteiger partial charge in [-0.1, -0.05) is 6.07 Å². The molecule has 1 heterocycles. The Morgan fingerprint density at radius 2 is 2.06 bits per heavy atom. The summed E-state index contributed by atoms with van der Waals surface area (Å²) in [6.45, 7) is 0.322. The van der Waals surface area contributed by atoms with Gasteiger partial charge in [0.15, 0.2) is 11.6 Å². The number of hydrogen-bond acceptors (Lipinski definition) is 3. The van der Waals surface area contributed by atoms with Crippen LogP contribution in [0.3, 0.4) is 0 Å². The normalized spacial score (nSPS) is 10.1. The lowest BCUT2D eigenvalue weighted by Crippen LogP contribution is -2.04. The number of halogens is 2. The molecule has 3 nitrogen and oxygen atoms in total. The van der Waals surface area contributed by atoms with Crippen LogP contribution in [0.15, 0.2) is 36.8 Å². The summed E-state index contributed by atoms with van der Waals surface area (Å²) in [5.41, 5.74) is 0.831. The first-order chi connectivity index (χ1) is 7.77. The Kier molecular flexibility index (Phi) is 3.05. The molecule has 1 aromatic carbocycles. The fourth-order valence-corrected chi connectivity index (χ4v) is 1.25. The first-order valence-electron chi connectivity index (χ1n) is 4.70. The van der Waals surface area contributed by atoms with E-state index in [0.717, 1.165) is 6.07 Å². The van der Waals surface area contributed by atoms with Gasteiger partial charge in [0.25, 0.3) is 0 Å². The van der Waals surface area contributed by atoms with Crippen LogP contribution in [0.4, 0.5) is 14.5 Å².